The Morgan fingerprint density at radius 2 is 2.05 bits per heavy atom. The van der Waals surface area contributed by atoms with Crippen molar-refractivity contribution in [1.82, 2.24) is 0 Å². The van der Waals surface area contributed by atoms with Crippen molar-refractivity contribution < 1.29 is 14.7 Å². The highest BCUT2D eigenvalue weighted by Crippen LogP contribution is 2.27. The third-order valence-electron chi connectivity index (χ3n) is 3.12. The number of nitrogens with two attached hydrogens (primary N) is 1. The van der Waals surface area contributed by atoms with Crippen molar-refractivity contribution in [1.29, 1.82) is 0 Å². The van der Waals surface area contributed by atoms with Crippen LogP contribution in [0.1, 0.15) is 37.0 Å². The van der Waals surface area contributed by atoms with Gasteiger partial charge >= 0.3 is 5.97 Å². The molecule has 5 nitrogen and oxygen atoms in total. The number of anilines is 1. The fourth-order valence-corrected chi connectivity index (χ4v) is 2.68. The van der Waals surface area contributed by atoms with Crippen molar-refractivity contribution in [2.24, 2.45) is 17.6 Å². The van der Waals surface area contributed by atoms with Gasteiger partial charge in [-0.2, -0.15) is 0 Å². The van der Waals surface area contributed by atoms with Crippen molar-refractivity contribution in [3.05, 3.63) is 28.2 Å². The van der Waals surface area contributed by atoms with Gasteiger partial charge in [0.1, 0.15) is 0 Å². The lowest BCUT2D eigenvalue weighted by molar-refractivity contribution is -0.117. The molecule has 1 amide bonds. The second-order valence-electron chi connectivity index (χ2n) is 5.45. The number of carboxylic acids is 1. The van der Waals surface area contributed by atoms with Crippen LogP contribution in [-0.2, 0) is 4.79 Å². The Balaban J connectivity index is 2.81. The summed E-state index contributed by atoms with van der Waals surface area (Å²) in [5, 5.41) is 11.8. The van der Waals surface area contributed by atoms with Crippen molar-refractivity contribution in [3.63, 3.8) is 0 Å². The molecular formula is C15H21BrN2O3. The molecule has 0 aliphatic rings. The van der Waals surface area contributed by atoms with E-state index in [1.807, 2.05) is 0 Å². The summed E-state index contributed by atoms with van der Waals surface area (Å²) in [5.41, 5.74) is 6.04. The van der Waals surface area contributed by atoms with Gasteiger partial charge in [-0.25, -0.2) is 4.79 Å². The van der Waals surface area contributed by atoms with Crippen molar-refractivity contribution in [2.75, 3.05) is 11.9 Å². The lowest BCUT2D eigenvalue weighted by Gasteiger charge is -2.17. The largest absolute Gasteiger partial charge is 0.478 e. The highest BCUT2D eigenvalue weighted by molar-refractivity contribution is 9.10. The van der Waals surface area contributed by atoms with Crippen LogP contribution in [0.5, 0.6) is 0 Å². The minimum absolute atomic E-state index is 0.0610. The number of para-hydroxylation sites is 1. The number of nitrogens with one attached hydrogen (secondary N) is 1. The molecule has 0 spiro atoms. The second kappa shape index (κ2) is 8.14. The summed E-state index contributed by atoms with van der Waals surface area (Å²) >= 11 is 3.26. The van der Waals surface area contributed by atoms with E-state index < -0.39 is 5.97 Å². The first-order valence-corrected chi connectivity index (χ1v) is 7.66. The van der Waals surface area contributed by atoms with Crippen LogP contribution in [0.15, 0.2) is 22.7 Å². The third kappa shape index (κ3) is 5.47. The van der Waals surface area contributed by atoms with Crippen LogP contribution in [0.25, 0.3) is 0 Å². The zero-order valence-corrected chi connectivity index (χ0v) is 13.8. The quantitative estimate of drug-likeness (QED) is 0.699. The van der Waals surface area contributed by atoms with E-state index in [0.29, 0.717) is 16.9 Å². The van der Waals surface area contributed by atoms with Crippen LogP contribution in [0.2, 0.25) is 0 Å². The number of amides is 1. The smallest absolute Gasteiger partial charge is 0.337 e. The van der Waals surface area contributed by atoms with Crippen LogP contribution in [0, 0.1) is 11.8 Å². The topological polar surface area (TPSA) is 92.4 Å². The van der Waals surface area contributed by atoms with E-state index in [1.165, 1.54) is 6.07 Å². The Morgan fingerprint density at radius 1 is 1.38 bits per heavy atom. The minimum atomic E-state index is -1.08. The molecule has 0 aliphatic heterocycles. The van der Waals surface area contributed by atoms with E-state index in [2.05, 4.69) is 35.1 Å². The van der Waals surface area contributed by atoms with Gasteiger partial charge in [0.05, 0.1) is 11.3 Å². The zero-order chi connectivity index (χ0) is 16.0. The molecule has 0 saturated heterocycles. The van der Waals surface area contributed by atoms with Gasteiger partial charge in [0.2, 0.25) is 5.91 Å². The predicted molar refractivity (Wildman–Crippen MR) is 86.3 cm³/mol. The molecule has 0 aromatic heterocycles. The number of hydrogen-bond donors (Lipinski definition) is 3. The molecule has 6 heteroatoms. The average molecular weight is 357 g/mol. The fraction of sp³-hybridized carbons (Fsp3) is 0.467. The maximum absolute atomic E-state index is 12.1. The first-order chi connectivity index (χ1) is 9.85. The Morgan fingerprint density at radius 3 is 2.57 bits per heavy atom. The molecular weight excluding hydrogens is 336 g/mol. The Bertz CT molecular complexity index is 518. The van der Waals surface area contributed by atoms with E-state index in [1.54, 1.807) is 12.1 Å². The van der Waals surface area contributed by atoms with Gasteiger partial charge in [-0.3, -0.25) is 4.79 Å². The lowest BCUT2D eigenvalue weighted by atomic mass is 9.94. The zero-order valence-electron chi connectivity index (χ0n) is 12.2. The first-order valence-electron chi connectivity index (χ1n) is 6.86. The van der Waals surface area contributed by atoms with Gasteiger partial charge < -0.3 is 16.2 Å². The Kier molecular flexibility index (Phi) is 6.84. The number of carbonyl (C=O) groups is 2. The van der Waals surface area contributed by atoms with Crippen LogP contribution in [-0.4, -0.2) is 23.5 Å². The molecule has 0 fully saturated rings. The van der Waals surface area contributed by atoms with E-state index in [0.717, 1.165) is 6.42 Å². The SMILES string of the molecule is CC(C)CC(CN)CC(=O)Nc1c(Br)cccc1C(=O)O. The van der Waals surface area contributed by atoms with Gasteiger partial charge in [-0.15, -0.1) is 0 Å². The summed E-state index contributed by atoms with van der Waals surface area (Å²) in [7, 11) is 0. The maximum atomic E-state index is 12.1. The molecule has 116 valence electrons. The molecule has 0 aliphatic carbocycles. The molecule has 0 radical (unpaired) electrons. The summed E-state index contributed by atoms with van der Waals surface area (Å²) in [6.45, 7) is 4.60. The van der Waals surface area contributed by atoms with E-state index >= 15 is 0 Å². The summed E-state index contributed by atoms with van der Waals surface area (Å²) in [5.74, 6) is -0.741. The summed E-state index contributed by atoms with van der Waals surface area (Å²) in [6.07, 6.45) is 1.15. The number of rotatable bonds is 7. The molecule has 0 saturated carbocycles. The van der Waals surface area contributed by atoms with E-state index in [9.17, 15) is 9.59 Å². The number of hydrogen-bond acceptors (Lipinski definition) is 3. The number of carbonyl (C=O) groups excluding carboxylic acids is 1. The van der Waals surface area contributed by atoms with E-state index in [-0.39, 0.29) is 29.5 Å². The van der Waals surface area contributed by atoms with Gasteiger partial charge in [-0.05, 0) is 52.9 Å². The normalized spacial score (nSPS) is 12.2. The molecule has 21 heavy (non-hydrogen) atoms. The maximum Gasteiger partial charge on any atom is 0.337 e. The lowest BCUT2D eigenvalue weighted by Crippen LogP contribution is -2.24. The van der Waals surface area contributed by atoms with Crippen molar-refractivity contribution in [2.45, 2.75) is 26.7 Å². The van der Waals surface area contributed by atoms with Crippen molar-refractivity contribution in [3.8, 4) is 0 Å². The van der Waals surface area contributed by atoms with Crippen LogP contribution < -0.4 is 11.1 Å². The minimum Gasteiger partial charge on any atom is -0.478 e. The first kappa shape index (κ1) is 17.7. The standard InChI is InChI=1S/C15H21BrN2O3/c1-9(2)6-10(8-17)7-13(19)18-14-11(15(20)21)4-3-5-12(14)16/h3-5,9-10H,6-8,17H2,1-2H3,(H,18,19)(H,20,21). The third-order valence-corrected chi connectivity index (χ3v) is 3.78. The van der Waals surface area contributed by atoms with E-state index in [4.69, 9.17) is 10.8 Å². The average Bonchev–Trinajstić information content (AvgIpc) is 2.39. The number of aromatic carboxylic acids is 1. The Labute approximate surface area is 133 Å². The summed E-state index contributed by atoms with van der Waals surface area (Å²) < 4.78 is 0.545. The fourth-order valence-electron chi connectivity index (χ4n) is 2.21. The molecule has 1 unspecified atom stereocenters. The molecule has 1 rings (SSSR count). The van der Waals surface area contributed by atoms with Crippen LogP contribution in [0.4, 0.5) is 5.69 Å². The van der Waals surface area contributed by atoms with Gasteiger partial charge in [0, 0.05) is 10.9 Å². The summed E-state index contributed by atoms with van der Waals surface area (Å²) in [4.78, 5) is 23.3. The van der Waals surface area contributed by atoms with Crippen LogP contribution in [0.3, 0.4) is 0 Å². The molecule has 1 atom stereocenters. The molecule has 0 bridgehead atoms. The summed E-state index contributed by atoms with van der Waals surface area (Å²) in [6, 6.07) is 4.76. The Hall–Kier alpha value is -1.40. The van der Waals surface area contributed by atoms with Gasteiger partial charge in [0.25, 0.3) is 0 Å². The molecule has 1 aromatic carbocycles. The molecule has 4 N–H and O–H groups in total. The molecule has 0 heterocycles. The van der Waals surface area contributed by atoms with Crippen molar-refractivity contribution >= 4 is 33.5 Å². The van der Waals surface area contributed by atoms with Gasteiger partial charge in [-0.1, -0.05) is 19.9 Å². The second-order valence-corrected chi connectivity index (χ2v) is 6.31. The van der Waals surface area contributed by atoms with Gasteiger partial charge in [0.15, 0.2) is 0 Å². The number of halogens is 1. The highest BCUT2D eigenvalue weighted by Gasteiger charge is 2.18. The van der Waals surface area contributed by atoms with Crippen LogP contribution >= 0.6 is 15.9 Å². The molecule has 1 aromatic rings. The monoisotopic (exact) mass is 356 g/mol. The highest BCUT2D eigenvalue weighted by atomic mass is 79.9. The number of benzene rings is 1. The number of carboxylic acid groups (broad SMARTS) is 1. The predicted octanol–water partition coefficient (Wildman–Crippen LogP) is 3.10.